The SMILES string of the molecule is CO[C@@H]1CCCN(C(=O)c2ccc(-n3cc(-c4cc5cc(F)ccc5[nH]c4=O)nn3)cc2)C1. The van der Waals surface area contributed by atoms with Gasteiger partial charge in [-0.3, -0.25) is 9.59 Å². The molecule has 8 nitrogen and oxygen atoms in total. The van der Waals surface area contributed by atoms with Gasteiger partial charge >= 0.3 is 0 Å². The number of benzene rings is 2. The number of aromatic nitrogens is 4. The lowest BCUT2D eigenvalue weighted by atomic mass is 10.1. The van der Waals surface area contributed by atoms with Gasteiger partial charge in [0.15, 0.2) is 0 Å². The molecule has 4 aromatic rings. The van der Waals surface area contributed by atoms with Gasteiger partial charge in [0.25, 0.3) is 11.5 Å². The van der Waals surface area contributed by atoms with Crippen LogP contribution in [0.1, 0.15) is 23.2 Å². The molecule has 9 heteroatoms. The second-order valence-electron chi connectivity index (χ2n) is 8.09. The Morgan fingerprint density at radius 3 is 2.79 bits per heavy atom. The van der Waals surface area contributed by atoms with E-state index in [1.165, 1.54) is 22.9 Å². The second-order valence-corrected chi connectivity index (χ2v) is 8.09. The number of hydrogen-bond donors (Lipinski definition) is 1. The van der Waals surface area contributed by atoms with Crippen LogP contribution in [0.25, 0.3) is 27.8 Å². The van der Waals surface area contributed by atoms with Crippen LogP contribution in [0.4, 0.5) is 4.39 Å². The molecule has 1 amide bonds. The van der Waals surface area contributed by atoms with E-state index < -0.39 is 0 Å². The van der Waals surface area contributed by atoms with E-state index in [0.717, 1.165) is 19.4 Å². The van der Waals surface area contributed by atoms with Gasteiger partial charge in [0.2, 0.25) is 0 Å². The number of halogens is 1. The fraction of sp³-hybridized carbons (Fsp3) is 0.250. The second kappa shape index (κ2) is 8.59. The number of pyridine rings is 1. The number of piperidine rings is 1. The minimum atomic E-state index is -0.388. The largest absolute Gasteiger partial charge is 0.380 e. The number of fused-ring (bicyclic) bond motifs is 1. The highest BCUT2D eigenvalue weighted by atomic mass is 19.1. The topological polar surface area (TPSA) is 93.1 Å². The fourth-order valence-electron chi connectivity index (χ4n) is 4.14. The number of methoxy groups -OCH3 is 1. The molecule has 2 aromatic heterocycles. The highest BCUT2D eigenvalue weighted by Gasteiger charge is 2.24. The summed E-state index contributed by atoms with van der Waals surface area (Å²) in [5.41, 5.74) is 2.15. The summed E-state index contributed by atoms with van der Waals surface area (Å²) in [4.78, 5) is 29.9. The molecule has 1 aliphatic heterocycles. The van der Waals surface area contributed by atoms with Gasteiger partial charge in [0, 0.05) is 36.7 Å². The molecule has 0 spiro atoms. The Morgan fingerprint density at radius 2 is 2.00 bits per heavy atom. The number of rotatable bonds is 4. The summed E-state index contributed by atoms with van der Waals surface area (Å²) < 4.78 is 20.5. The summed E-state index contributed by atoms with van der Waals surface area (Å²) in [5.74, 6) is -0.418. The van der Waals surface area contributed by atoms with Gasteiger partial charge in [-0.15, -0.1) is 5.10 Å². The number of likely N-dealkylation sites (tertiary alicyclic amines) is 1. The Hall–Kier alpha value is -3.85. The van der Waals surface area contributed by atoms with Crippen LogP contribution in [-0.4, -0.2) is 57.1 Å². The van der Waals surface area contributed by atoms with Crippen molar-refractivity contribution in [3.8, 4) is 16.9 Å². The van der Waals surface area contributed by atoms with Gasteiger partial charge in [0.05, 0.1) is 23.6 Å². The van der Waals surface area contributed by atoms with Crippen molar-refractivity contribution < 1.29 is 13.9 Å². The molecule has 0 aliphatic carbocycles. The van der Waals surface area contributed by atoms with Gasteiger partial charge in [-0.2, -0.15) is 0 Å². The predicted molar refractivity (Wildman–Crippen MR) is 121 cm³/mol. The first kappa shape index (κ1) is 21.0. The zero-order valence-corrected chi connectivity index (χ0v) is 18.0. The van der Waals surface area contributed by atoms with E-state index in [4.69, 9.17) is 4.74 Å². The number of carbonyl (C=O) groups is 1. The molecule has 0 radical (unpaired) electrons. The van der Waals surface area contributed by atoms with E-state index in [1.807, 2.05) is 4.90 Å². The van der Waals surface area contributed by atoms with Crippen molar-refractivity contribution >= 4 is 16.8 Å². The van der Waals surface area contributed by atoms with Crippen LogP contribution in [0, 0.1) is 5.82 Å². The number of nitrogens with one attached hydrogen (secondary N) is 1. The molecule has 1 saturated heterocycles. The lowest BCUT2D eigenvalue weighted by molar-refractivity contribution is 0.0269. The van der Waals surface area contributed by atoms with Crippen LogP contribution < -0.4 is 5.56 Å². The van der Waals surface area contributed by atoms with Crippen LogP contribution >= 0.6 is 0 Å². The first-order valence-corrected chi connectivity index (χ1v) is 10.7. The molecule has 1 fully saturated rings. The van der Waals surface area contributed by atoms with Gasteiger partial charge in [-0.1, -0.05) is 5.21 Å². The van der Waals surface area contributed by atoms with Crippen LogP contribution in [-0.2, 0) is 4.74 Å². The van der Waals surface area contributed by atoms with E-state index in [0.29, 0.717) is 40.0 Å². The maximum absolute atomic E-state index is 13.6. The number of aromatic amines is 1. The minimum Gasteiger partial charge on any atom is -0.380 e. The summed E-state index contributed by atoms with van der Waals surface area (Å²) in [5, 5.41) is 8.79. The summed E-state index contributed by atoms with van der Waals surface area (Å²) >= 11 is 0. The molecule has 168 valence electrons. The molecule has 5 rings (SSSR count). The normalized spacial score (nSPS) is 16.3. The molecule has 1 aliphatic rings. The van der Waals surface area contributed by atoms with E-state index in [1.54, 1.807) is 43.6 Å². The van der Waals surface area contributed by atoms with Gasteiger partial charge in [-0.05, 0) is 61.4 Å². The maximum atomic E-state index is 13.6. The van der Waals surface area contributed by atoms with Crippen molar-refractivity contribution in [3.05, 3.63) is 76.5 Å². The molecule has 2 aromatic carbocycles. The quantitative estimate of drug-likeness (QED) is 0.519. The van der Waals surface area contributed by atoms with Crippen LogP contribution in [0.3, 0.4) is 0 Å². The summed E-state index contributed by atoms with van der Waals surface area (Å²) in [6.07, 6.45) is 3.58. The first-order chi connectivity index (χ1) is 16.0. The monoisotopic (exact) mass is 447 g/mol. The highest BCUT2D eigenvalue weighted by molar-refractivity contribution is 5.94. The standard InChI is InChI=1S/C24H22FN5O3/c1-33-19-3-2-10-29(13-19)24(32)15-4-7-18(8-5-15)30-14-22(27-28-30)20-12-16-11-17(25)6-9-21(16)26-23(20)31/h4-9,11-12,14,19H,2-3,10,13H2,1H3,(H,26,31)/t19-/m1/s1. The lowest BCUT2D eigenvalue weighted by Crippen LogP contribution is -2.42. The number of amides is 1. The molecular formula is C24H22FN5O3. The number of ether oxygens (including phenoxy) is 1. The minimum absolute atomic E-state index is 0.0301. The highest BCUT2D eigenvalue weighted by Crippen LogP contribution is 2.21. The lowest BCUT2D eigenvalue weighted by Gasteiger charge is -2.32. The average Bonchev–Trinajstić information content (AvgIpc) is 3.33. The van der Waals surface area contributed by atoms with Crippen LogP contribution in [0.5, 0.6) is 0 Å². The number of nitrogens with zero attached hydrogens (tertiary/aromatic N) is 4. The Bertz CT molecular complexity index is 1380. The molecule has 1 atom stereocenters. The zero-order valence-electron chi connectivity index (χ0n) is 18.0. The Labute approximate surface area is 188 Å². The van der Waals surface area contributed by atoms with E-state index in [-0.39, 0.29) is 23.4 Å². The van der Waals surface area contributed by atoms with Crippen LogP contribution in [0.2, 0.25) is 0 Å². The third kappa shape index (κ3) is 4.14. The molecule has 0 unspecified atom stereocenters. The average molecular weight is 447 g/mol. The Balaban J connectivity index is 1.38. The van der Waals surface area contributed by atoms with Gasteiger partial charge < -0.3 is 14.6 Å². The molecule has 3 heterocycles. The van der Waals surface area contributed by atoms with Crippen molar-refractivity contribution in [1.82, 2.24) is 24.9 Å². The fourth-order valence-corrected chi connectivity index (χ4v) is 4.14. The van der Waals surface area contributed by atoms with Gasteiger partial charge in [-0.25, -0.2) is 9.07 Å². The maximum Gasteiger partial charge on any atom is 0.258 e. The Kier molecular flexibility index (Phi) is 5.47. The summed E-state index contributed by atoms with van der Waals surface area (Å²) in [7, 11) is 1.67. The van der Waals surface area contributed by atoms with Crippen molar-refractivity contribution in [2.24, 2.45) is 0 Å². The van der Waals surface area contributed by atoms with Crippen molar-refractivity contribution in [3.63, 3.8) is 0 Å². The summed E-state index contributed by atoms with van der Waals surface area (Å²) in [6, 6.07) is 12.8. The number of hydrogen-bond acceptors (Lipinski definition) is 5. The number of carbonyl (C=O) groups excluding carboxylic acids is 1. The van der Waals surface area contributed by atoms with E-state index in [9.17, 15) is 14.0 Å². The number of H-pyrrole nitrogens is 1. The third-order valence-corrected chi connectivity index (χ3v) is 5.95. The van der Waals surface area contributed by atoms with E-state index in [2.05, 4.69) is 15.3 Å². The molecule has 0 saturated carbocycles. The van der Waals surface area contributed by atoms with Crippen molar-refractivity contribution in [2.75, 3.05) is 20.2 Å². The molecule has 1 N–H and O–H groups in total. The van der Waals surface area contributed by atoms with Gasteiger partial charge in [0.1, 0.15) is 11.5 Å². The smallest absolute Gasteiger partial charge is 0.258 e. The Morgan fingerprint density at radius 1 is 1.18 bits per heavy atom. The molecule has 0 bridgehead atoms. The third-order valence-electron chi connectivity index (χ3n) is 5.95. The molecular weight excluding hydrogens is 425 g/mol. The zero-order chi connectivity index (χ0) is 22.9. The van der Waals surface area contributed by atoms with E-state index >= 15 is 0 Å². The summed E-state index contributed by atoms with van der Waals surface area (Å²) in [6.45, 7) is 1.31. The molecule has 33 heavy (non-hydrogen) atoms. The van der Waals surface area contributed by atoms with Crippen molar-refractivity contribution in [1.29, 1.82) is 0 Å². The van der Waals surface area contributed by atoms with Crippen LogP contribution in [0.15, 0.2) is 59.5 Å². The predicted octanol–water partition coefficient (Wildman–Crippen LogP) is 3.17. The van der Waals surface area contributed by atoms with Crippen molar-refractivity contribution in [2.45, 2.75) is 18.9 Å². The first-order valence-electron chi connectivity index (χ1n) is 10.7.